The molecule has 1 heterocycles. The number of aromatic nitrogens is 1. The second-order valence-corrected chi connectivity index (χ2v) is 6.22. The van der Waals surface area contributed by atoms with Crippen molar-refractivity contribution < 1.29 is 12.8 Å². The zero-order chi connectivity index (χ0) is 14.0. The van der Waals surface area contributed by atoms with Crippen molar-refractivity contribution in [2.45, 2.75) is 4.90 Å². The van der Waals surface area contributed by atoms with Crippen LogP contribution in [0.3, 0.4) is 0 Å². The molecule has 0 fully saturated rings. The molecule has 1 aromatic heterocycles. The van der Waals surface area contributed by atoms with E-state index in [2.05, 4.69) is 25.6 Å². The molecule has 0 aliphatic rings. The summed E-state index contributed by atoms with van der Waals surface area (Å²) in [5.74, 6) is -0.565. The van der Waals surface area contributed by atoms with E-state index in [9.17, 15) is 12.8 Å². The van der Waals surface area contributed by atoms with Crippen molar-refractivity contribution in [3.05, 3.63) is 46.8 Å². The quantitative estimate of drug-likeness (QED) is 0.836. The fourth-order valence-corrected chi connectivity index (χ4v) is 2.76. The molecule has 100 valence electrons. The van der Waals surface area contributed by atoms with Gasteiger partial charge in [0.25, 0.3) is 10.0 Å². The van der Waals surface area contributed by atoms with E-state index >= 15 is 0 Å². The zero-order valence-corrected chi connectivity index (χ0v) is 11.9. The van der Waals surface area contributed by atoms with Gasteiger partial charge in [0.05, 0.1) is 5.69 Å². The van der Waals surface area contributed by atoms with Crippen LogP contribution in [-0.2, 0) is 10.0 Å². The summed E-state index contributed by atoms with van der Waals surface area (Å²) in [6.07, 6.45) is 1.44. The number of nitrogens with one attached hydrogen (secondary N) is 1. The number of hydrogen-bond acceptors (Lipinski definition) is 4. The summed E-state index contributed by atoms with van der Waals surface area (Å²) >= 11 is 3.18. The molecule has 0 spiro atoms. The van der Waals surface area contributed by atoms with Gasteiger partial charge < -0.3 is 5.73 Å². The highest BCUT2D eigenvalue weighted by Gasteiger charge is 2.18. The molecule has 8 heteroatoms. The van der Waals surface area contributed by atoms with E-state index in [1.54, 1.807) is 6.07 Å². The lowest BCUT2D eigenvalue weighted by Crippen LogP contribution is -2.15. The van der Waals surface area contributed by atoms with Crippen molar-refractivity contribution in [3.63, 3.8) is 0 Å². The highest BCUT2D eigenvalue weighted by atomic mass is 79.9. The van der Waals surface area contributed by atoms with Gasteiger partial charge in [0.1, 0.15) is 16.5 Å². The number of anilines is 2. The van der Waals surface area contributed by atoms with Crippen LogP contribution in [0.4, 0.5) is 15.9 Å². The van der Waals surface area contributed by atoms with Crippen LogP contribution in [-0.4, -0.2) is 13.4 Å². The highest BCUT2D eigenvalue weighted by Crippen LogP contribution is 2.22. The zero-order valence-electron chi connectivity index (χ0n) is 9.47. The number of nitrogen functional groups attached to an aromatic ring is 1. The standard InChI is InChI=1S/C11H9BrFN3O2S/c12-7-1-4-11(15-6-7)16-19(17,18)10-5-8(13)2-3-9(10)14/h1-6H,14H2,(H,15,16). The smallest absolute Gasteiger partial charge is 0.265 e. The van der Waals surface area contributed by atoms with Crippen molar-refractivity contribution >= 4 is 37.5 Å². The number of hydrogen-bond donors (Lipinski definition) is 2. The Hall–Kier alpha value is -1.67. The Morgan fingerprint density at radius 2 is 2.00 bits per heavy atom. The first-order chi connectivity index (χ1) is 8.88. The first kappa shape index (κ1) is 13.8. The van der Waals surface area contributed by atoms with Crippen molar-refractivity contribution in [1.82, 2.24) is 4.98 Å². The van der Waals surface area contributed by atoms with E-state index in [-0.39, 0.29) is 16.4 Å². The minimum Gasteiger partial charge on any atom is -0.398 e. The Labute approximate surface area is 117 Å². The van der Waals surface area contributed by atoms with Gasteiger partial charge in [-0.25, -0.2) is 17.8 Å². The number of rotatable bonds is 3. The molecule has 0 unspecified atom stereocenters. The molecule has 0 saturated carbocycles. The summed E-state index contributed by atoms with van der Waals surface area (Å²) in [5.41, 5.74) is 5.50. The fraction of sp³-hybridized carbons (Fsp3) is 0. The molecular formula is C11H9BrFN3O2S. The number of nitrogens with two attached hydrogens (primary N) is 1. The lowest BCUT2D eigenvalue weighted by Gasteiger charge is -2.09. The third-order valence-corrected chi connectivity index (χ3v) is 4.11. The van der Waals surface area contributed by atoms with Gasteiger partial charge in [-0.05, 0) is 46.3 Å². The van der Waals surface area contributed by atoms with Gasteiger partial charge >= 0.3 is 0 Å². The van der Waals surface area contributed by atoms with Crippen LogP contribution in [0.15, 0.2) is 45.9 Å². The maximum absolute atomic E-state index is 13.1. The number of nitrogens with zero attached hydrogens (tertiary/aromatic N) is 1. The average Bonchev–Trinajstić information content (AvgIpc) is 2.35. The largest absolute Gasteiger partial charge is 0.398 e. The molecule has 19 heavy (non-hydrogen) atoms. The Morgan fingerprint density at radius 3 is 2.63 bits per heavy atom. The van der Waals surface area contributed by atoms with Gasteiger partial charge in [-0.2, -0.15) is 0 Å². The summed E-state index contributed by atoms with van der Waals surface area (Å²) in [6.45, 7) is 0. The molecule has 1 aromatic carbocycles. The predicted octanol–water partition coefficient (Wildman–Crippen LogP) is 2.37. The molecule has 3 N–H and O–H groups in total. The normalized spacial score (nSPS) is 11.3. The number of pyridine rings is 1. The van der Waals surface area contributed by atoms with Crippen molar-refractivity contribution in [2.75, 3.05) is 10.5 Å². The lowest BCUT2D eigenvalue weighted by molar-refractivity contribution is 0.596. The fourth-order valence-electron chi connectivity index (χ4n) is 1.37. The molecule has 0 bridgehead atoms. The first-order valence-electron chi connectivity index (χ1n) is 5.08. The molecule has 0 aliphatic heterocycles. The Bertz CT molecular complexity index is 704. The first-order valence-corrected chi connectivity index (χ1v) is 7.35. The van der Waals surface area contributed by atoms with E-state index in [1.165, 1.54) is 18.3 Å². The molecule has 2 rings (SSSR count). The Balaban J connectivity index is 2.37. The van der Waals surface area contributed by atoms with Crippen LogP contribution >= 0.6 is 15.9 Å². The molecule has 0 atom stereocenters. The minimum atomic E-state index is -3.97. The molecule has 2 aromatic rings. The Kier molecular flexibility index (Phi) is 3.72. The molecule has 0 saturated heterocycles. The van der Waals surface area contributed by atoms with E-state index in [1.807, 2.05) is 0 Å². The number of halogens is 2. The van der Waals surface area contributed by atoms with Gasteiger partial charge in [-0.15, -0.1) is 0 Å². The molecule has 5 nitrogen and oxygen atoms in total. The SMILES string of the molecule is Nc1ccc(F)cc1S(=O)(=O)Nc1ccc(Br)cn1. The molecule has 0 amide bonds. The van der Waals surface area contributed by atoms with E-state index in [0.717, 1.165) is 12.1 Å². The van der Waals surface area contributed by atoms with Crippen LogP contribution < -0.4 is 10.5 Å². The summed E-state index contributed by atoms with van der Waals surface area (Å²) in [5, 5.41) is 0. The maximum Gasteiger partial charge on any atom is 0.265 e. The maximum atomic E-state index is 13.1. The van der Waals surface area contributed by atoms with Crippen molar-refractivity contribution in [2.24, 2.45) is 0 Å². The highest BCUT2D eigenvalue weighted by molar-refractivity contribution is 9.10. The summed E-state index contributed by atoms with van der Waals surface area (Å²) < 4.78 is 40.1. The van der Waals surface area contributed by atoms with Gasteiger partial charge in [0.15, 0.2) is 0 Å². The Morgan fingerprint density at radius 1 is 1.26 bits per heavy atom. The number of sulfonamides is 1. The second kappa shape index (κ2) is 5.14. The van der Waals surface area contributed by atoms with Crippen LogP contribution in [0.25, 0.3) is 0 Å². The van der Waals surface area contributed by atoms with Crippen molar-refractivity contribution in [3.8, 4) is 0 Å². The number of benzene rings is 1. The van der Waals surface area contributed by atoms with Gasteiger partial charge in [0, 0.05) is 10.7 Å². The predicted molar refractivity (Wildman–Crippen MR) is 73.6 cm³/mol. The summed E-state index contributed by atoms with van der Waals surface area (Å²) in [4.78, 5) is 3.55. The van der Waals surface area contributed by atoms with Crippen LogP contribution in [0.1, 0.15) is 0 Å². The summed E-state index contributed by atoms with van der Waals surface area (Å²) in [7, 11) is -3.97. The average molecular weight is 346 g/mol. The topological polar surface area (TPSA) is 85.1 Å². The monoisotopic (exact) mass is 345 g/mol. The van der Waals surface area contributed by atoms with Crippen molar-refractivity contribution in [1.29, 1.82) is 0 Å². The van der Waals surface area contributed by atoms with Crippen LogP contribution in [0.2, 0.25) is 0 Å². The summed E-state index contributed by atoms with van der Waals surface area (Å²) in [6, 6.07) is 6.23. The van der Waals surface area contributed by atoms with E-state index < -0.39 is 15.8 Å². The van der Waals surface area contributed by atoms with E-state index in [4.69, 9.17) is 5.73 Å². The lowest BCUT2D eigenvalue weighted by atomic mass is 10.3. The third kappa shape index (κ3) is 3.21. The molecule has 0 aliphatic carbocycles. The minimum absolute atomic E-state index is 0.0361. The van der Waals surface area contributed by atoms with Crippen LogP contribution in [0, 0.1) is 5.82 Å². The molecule has 0 radical (unpaired) electrons. The van der Waals surface area contributed by atoms with Gasteiger partial charge in [0.2, 0.25) is 0 Å². The third-order valence-electron chi connectivity index (χ3n) is 2.23. The van der Waals surface area contributed by atoms with Gasteiger partial charge in [-0.1, -0.05) is 0 Å². The second-order valence-electron chi connectivity index (χ2n) is 3.65. The van der Waals surface area contributed by atoms with E-state index in [0.29, 0.717) is 4.47 Å². The van der Waals surface area contributed by atoms with Crippen LogP contribution in [0.5, 0.6) is 0 Å². The van der Waals surface area contributed by atoms with Gasteiger partial charge in [-0.3, -0.25) is 4.72 Å². The molecular weight excluding hydrogens is 337 g/mol.